The minimum absolute atomic E-state index is 0.0147. The van der Waals surface area contributed by atoms with Gasteiger partial charge in [-0.1, -0.05) is 0 Å². The standard InChI is InChI=1S/C12H25N3O3/c1-9(2)18-8-10(16)7-15-5-4-14-6-11(15)12(17)13-3/h9-11,14,16H,4-8H2,1-3H3,(H,13,17). The van der Waals surface area contributed by atoms with Crippen molar-refractivity contribution in [3.8, 4) is 0 Å². The van der Waals surface area contributed by atoms with Crippen LogP contribution in [-0.2, 0) is 9.53 Å². The van der Waals surface area contributed by atoms with Gasteiger partial charge in [0.15, 0.2) is 0 Å². The van der Waals surface area contributed by atoms with Crippen molar-refractivity contribution >= 4 is 5.91 Å². The van der Waals surface area contributed by atoms with Crippen molar-refractivity contribution in [3.05, 3.63) is 0 Å². The normalized spacial score (nSPS) is 23.1. The lowest BCUT2D eigenvalue weighted by atomic mass is 10.1. The largest absolute Gasteiger partial charge is 0.389 e. The van der Waals surface area contributed by atoms with E-state index in [0.29, 0.717) is 19.7 Å². The SMILES string of the molecule is CNC(=O)C1CNCCN1CC(O)COC(C)C. The summed E-state index contributed by atoms with van der Waals surface area (Å²) in [6.45, 7) is 6.86. The van der Waals surface area contributed by atoms with Gasteiger partial charge in [0.05, 0.1) is 18.8 Å². The summed E-state index contributed by atoms with van der Waals surface area (Å²) in [6.07, 6.45) is -0.449. The number of nitrogens with zero attached hydrogens (tertiary/aromatic N) is 1. The molecule has 0 bridgehead atoms. The zero-order valence-electron chi connectivity index (χ0n) is 11.5. The number of ether oxygens (including phenoxy) is 1. The lowest BCUT2D eigenvalue weighted by Crippen LogP contribution is -2.59. The minimum Gasteiger partial charge on any atom is -0.389 e. The molecule has 0 saturated carbocycles. The summed E-state index contributed by atoms with van der Waals surface area (Å²) in [6, 6.07) is -0.211. The highest BCUT2D eigenvalue weighted by atomic mass is 16.5. The maximum absolute atomic E-state index is 11.7. The van der Waals surface area contributed by atoms with Gasteiger partial charge in [-0.25, -0.2) is 0 Å². The molecule has 2 unspecified atom stereocenters. The van der Waals surface area contributed by atoms with Gasteiger partial charge in [0.25, 0.3) is 0 Å². The van der Waals surface area contributed by atoms with Gasteiger partial charge >= 0.3 is 0 Å². The third kappa shape index (κ3) is 4.89. The number of carbonyl (C=O) groups excluding carboxylic acids is 1. The highest BCUT2D eigenvalue weighted by Crippen LogP contribution is 2.05. The van der Waals surface area contributed by atoms with Crippen molar-refractivity contribution in [2.75, 3.05) is 39.8 Å². The van der Waals surface area contributed by atoms with Gasteiger partial charge in [-0.05, 0) is 13.8 Å². The smallest absolute Gasteiger partial charge is 0.238 e. The molecule has 1 rings (SSSR count). The molecule has 1 heterocycles. The molecule has 1 aliphatic rings. The van der Waals surface area contributed by atoms with Crippen LogP contribution in [0.25, 0.3) is 0 Å². The molecule has 0 aromatic heterocycles. The Balaban J connectivity index is 2.43. The van der Waals surface area contributed by atoms with E-state index in [-0.39, 0.29) is 18.1 Å². The van der Waals surface area contributed by atoms with Crippen LogP contribution >= 0.6 is 0 Å². The Morgan fingerprint density at radius 1 is 1.61 bits per heavy atom. The molecule has 106 valence electrons. The van der Waals surface area contributed by atoms with Crippen LogP contribution in [-0.4, -0.2) is 74.0 Å². The molecule has 18 heavy (non-hydrogen) atoms. The molecule has 6 nitrogen and oxygen atoms in total. The second kappa shape index (κ2) is 7.68. The van der Waals surface area contributed by atoms with E-state index in [9.17, 15) is 9.90 Å². The molecule has 1 aliphatic heterocycles. The number of likely N-dealkylation sites (N-methyl/N-ethyl adjacent to an activating group) is 1. The average Bonchev–Trinajstić information content (AvgIpc) is 2.36. The Morgan fingerprint density at radius 2 is 2.33 bits per heavy atom. The van der Waals surface area contributed by atoms with Gasteiger partial charge in [-0.3, -0.25) is 9.69 Å². The van der Waals surface area contributed by atoms with E-state index in [1.165, 1.54) is 0 Å². The molecule has 2 atom stereocenters. The number of aliphatic hydroxyl groups excluding tert-OH is 1. The second-order valence-corrected chi connectivity index (χ2v) is 4.87. The van der Waals surface area contributed by atoms with Crippen LogP contribution in [0.2, 0.25) is 0 Å². The van der Waals surface area contributed by atoms with Gasteiger partial charge in [0.1, 0.15) is 6.04 Å². The van der Waals surface area contributed by atoms with Crippen molar-refractivity contribution in [1.82, 2.24) is 15.5 Å². The van der Waals surface area contributed by atoms with Crippen LogP contribution in [0.5, 0.6) is 0 Å². The van der Waals surface area contributed by atoms with E-state index >= 15 is 0 Å². The molecule has 0 radical (unpaired) electrons. The Morgan fingerprint density at radius 3 is 2.94 bits per heavy atom. The third-order valence-corrected chi connectivity index (χ3v) is 2.97. The highest BCUT2D eigenvalue weighted by molar-refractivity contribution is 5.81. The summed E-state index contributed by atoms with van der Waals surface area (Å²) < 4.78 is 5.37. The minimum atomic E-state index is -0.558. The maximum Gasteiger partial charge on any atom is 0.238 e. The first-order valence-corrected chi connectivity index (χ1v) is 6.50. The average molecular weight is 259 g/mol. The van der Waals surface area contributed by atoms with E-state index in [1.54, 1.807) is 7.05 Å². The Labute approximate surface area is 109 Å². The van der Waals surface area contributed by atoms with Gasteiger partial charge in [0, 0.05) is 33.2 Å². The summed E-state index contributed by atoms with van der Waals surface area (Å²) >= 11 is 0. The fraction of sp³-hybridized carbons (Fsp3) is 0.917. The number of hydrogen-bond acceptors (Lipinski definition) is 5. The van der Waals surface area contributed by atoms with E-state index < -0.39 is 6.10 Å². The summed E-state index contributed by atoms with van der Waals surface area (Å²) in [5.41, 5.74) is 0. The van der Waals surface area contributed by atoms with Crippen molar-refractivity contribution in [3.63, 3.8) is 0 Å². The molecule has 0 aromatic carbocycles. The molecule has 0 aliphatic carbocycles. The van der Waals surface area contributed by atoms with Crippen LogP contribution < -0.4 is 10.6 Å². The summed E-state index contributed by atoms with van der Waals surface area (Å²) in [7, 11) is 1.63. The number of rotatable bonds is 6. The topological polar surface area (TPSA) is 73.8 Å². The molecule has 0 aromatic rings. The fourth-order valence-electron chi connectivity index (χ4n) is 2.02. The molecule has 1 amide bonds. The number of nitrogens with one attached hydrogen (secondary N) is 2. The van der Waals surface area contributed by atoms with Gasteiger partial charge in [0.2, 0.25) is 5.91 Å². The van der Waals surface area contributed by atoms with Crippen LogP contribution in [0, 0.1) is 0 Å². The predicted molar refractivity (Wildman–Crippen MR) is 69.4 cm³/mol. The Kier molecular flexibility index (Phi) is 6.56. The molecule has 0 spiro atoms. The van der Waals surface area contributed by atoms with Crippen LogP contribution in [0.1, 0.15) is 13.8 Å². The lowest BCUT2D eigenvalue weighted by molar-refractivity contribution is -0.127. The summed E-state index contributed by atoms with van der Waals surface area (Å²) in [4.78, 5) is 13.7. The quantitative estimate of drug-likeness (QED) is 0.558. The van der Waals surface area contributed by atoms with Crippen LogP contribution in [0.3, 0.4) is 0 Å². The molecular formula is C12H25N3O3. The second-order valence-electron chi connectivity index (χ2n) is 4.87. The van der Waals surface area contributed by atoms with Crippen LogP contribution in [0.4, 0.5) is 0 Å². The predicted octanol–water partition coefficient (Wildman–Crippen LogP) is -1.21. The zero-order chi connectivity index (χ0) is 13.5. The van der Waals surface area contributed by atoms with E-state index in [1.807, 2.05) is 18.7 Å². The first-order valence-electron chi connectivity index (χ1n) is 6.50. The van der Waals surface area contributed by atoms with Crippen LogP contribution in [0.15, 0.2) is 0 Å². The van der Waals surface area contributed by atoms with Gasteiger partial charge in [-0.15, -0.1) is 0 Å². The number of piperazine rings is 1. The number of β-amino-alcohol motifs (C(OH)–C–C–N with tert-alkyl or cyclic N) is 1. The first kappa shape index (κ1) is 15.4. The summed E-state index contributed by atoms with van der Waals surface area (Å²) in [5, 5.41) is 15.7. The Bertz CT molecular complexity index is 261. The Hall–Kier alpha value is -0.690. The van der Waals surface area contributed by atoms with Crippen molar-refractivity contribution in [1.29, 1.82) is 0 Å². The molecule has 3 N–H and O–H groups in total. The number of carbonyl (C=O) groups is 1. The highest BCUT2D eigenvalue weighted by Gasteiger charge is 2.29. The van der Waals surface area contributed by atoms with E-state index in [0.717, 1.165) is 13.1 Å². The van der Waals surface area contributed by atoms with E-state index in [4.69, 9.17) is 4.74 Å². The molecule has 1 saturated heterocycles. The number of amides is 1. The molecule has 6 heteroatoms. The fourth-order valence-corrected chi connectivity index (χ4v) is 2.02. The monoisotopic (exact) mass is 259 g/mol. The zero-order valence-corrected chi connectivity index (χ0v) is 11.5. The number of aliphatic hydroxyl groups is 1. The van der Waals surface area contributed by atoms with Crippen molar-refractivity contribution in [2.45, 2.75) is 32.1 Å². The summed E-state index contributed by atoms with van der Waals surface area (Å²) in [5.74, 6) is -0.0147. The first-order chi connectivity index (χ1) is 8.54. The van der Waals surface area contributed by atoms with Gasteiger partial charge < -0.3 is 20.5 Å². The third-order valence-electron chi connectivity index (χ3n) is 2.97. The molecule has 1 fully saturated rings. The maximum atomic E-state index is 11.7. The lowest BCUT2D eigenvalue weighted by Gasteiger charge is -2.36. The molecular weight excluding hydrogens is 234 g/mol. The van der Waals surface area contributed by atoms with Crippen molar-refractivity contribution < 1.29 is 14.6 Å². The number of hydrogen-bond donors (Lipinski definition) is 3. The van der Waals surface area contributed by atoms with Gasteiger partial charge in [-0.2, -0.15) is 0 Å². The van der Waals surface area contributed by atoms with Crippen molar-refractivity contribution in [2.24, 2.45) is 0 Å². The van der Waals surface area contributed by atoms with E-state index in [2.05, 4.69) is 10.6 Å².